The number of ether oxygens (including phenoxy) is 4. The van der Waals surface area contributed by atoms with Crippen LogP contribution in [0, 0.1) is 23.7 Å². The molecule has 10 heteroatoms. The van der Waals surface area contributed by atoms with Crippen molar-refractivity contribution < 1.29 is 18.9 Å². The van der Waals surface area contributed by atoms with Gasteiger partial charge in [0, 0.05) is 34.3 Å². The summed E-state index contributed by atoms with van der Waals surface area (Å²) in [6.07, 6.45) is 11.9. The van der Waals surface area contributed by atoms with Crippen molar-refractivity contribution in [1.82, 2.24) is 19.9 Å². The highest BCUT2D eigenvalue weighted by Crippen LogP contribution is 2.39. The van der Waals surface area contributed by atoms with Crippen LogP contribution in [-0.2, 0) is 0 Å². The molecule has 0 aliphatic carbocycles. The van der Waals surface area contributed by atoms with Gasteiger partial charge in [-0.05, 0) is 149 Å². The predicted octanol–water partition coefficient (Wildman–Crippen LogP) is 14.0. The number of aromatic amines is 2. The van der Waals surface area contributed by atoms with E-state index < -0.39 is 0 Å². The molecular formula is C52H62BrN5O4. The van der Waals surface area contributed by atoms with E-state index in [1.807, 2.05) is 36.4 Å². The molecule has 8 bridgehead atoms. The topological polar surface area (TPSA) is 120 Å². The molecule has 0 amide bonds. The molecule has 5 aromatic rings. The monoisotopic (exact) mass is 899 g/mol. The Bertz CT molecular complexity index is 2360. The summed E-state index contributed by atoms with van der Waals surface area (Å²) in [7, 11) is 0. The number of rotatable bonds is 18. The number of anilines is 1. The van der Waals surface area contributed by atoms with E-state index in [4.69, 9.17) is 34.6 Å². The molecule has 0 atom stereocenters. The molecule has 4 N–H and O–H groups in total. The van der Waals surface area contributed by atoms with Crippen molar-refractivity contribution in [3.63, 3.8) is 0 Å². The first kappa shape index (κ1) is 44.6. The van der Waals surface area contributed by atoms with Gasteiger partial charge in [0.05, 0.1) is 70.4 Å². The minimum absolute atomic E-state index is 0.522. The van der Waals surface area contributed by atoms with Crippen molar-refractivity contribution in [2.75, 3.05) is 32.2 Å². The van der Waals surface area contributed by atoms with E-state index in [1.165, 1.54) is 0 Å². The second kappa shape index (κ2) is 20.1. The Balaban J connectivity index is 1.43. The molecule has 5 heterocycles. The van der Waals surface area contributed by atoms with Crippen molar-refractivity contribution in [2.24, 2.45) is 23.7 Å². The fourth-order valence-electron chi connectivity index (χ4n) is 7.22. The Morgan fingerprint density at radius 3 is 1.23 bits per heavy atom. The first-order valence-corrected chi connectivity index (χ1v) is 23.0. The van der Waals surface area contributed by atoms with Crippen molar-refractivity contribution in [3.8, 4) is 45.3 Å². The molecule has 2 aromatic carbocycles. The summed E-state index contributed by atoms with van der Waals surface area (Å²) in [4.78, 5) is 17.8. The Hall–Kier alpha value is -5.48. The van der Waals surface area contributed by atoms with Gasteiger partial charge in [0.25, 0.3) is 0 Å². The van der Waals surface area contributed by atoms with Crippen LogP contribution in [0.1, 0.15) is 104 Å². The lowest BCUT2D eigenvalue weighted by Gasteiger charge is -2.14. The van der Waals surface area contributed by atoms with Crippen LogP contribution < -0.4 is 24.7 Å². The average Bonchev–Trinajstić information content (AvgIpc) is 4.06. The zero-order chi connectivity index (χ0) is 43.9. The molecule has 0 radical (unpaired) electrons. The number of nitrogen functional groups attached to an aromatic ring is 1. The molecule has 2 aliphatic heterocycles. The van der Waals surface area contributed by atoms with Crippen LogP contribution >= 0.6 is 15.9 Å². The second-order valence-electron chi connectivity index (χ2n) is 18.0. The standard InChI is InChI=1S/C52H62BrN5O4/c1-31(2)17-21-59-37-25-35(26-38(29-37)60-22-18-32(3)4)49-41-9-13-45(55-41)51(53)46-14-10-42(56-46)50(44-12-16-48(58-44)52(54)47-15-11-43(49)57-47)36-27-39(61-23-19-33(5)6)30-40(28-36)62-24-20-34(7)8/h9-16,25-34,55,58H,17-24,54H2,1-8H3. The van der Waals surface area contributed by atoms with E-state index in [0.717, 1.165) is 115 Å². The molecule has 0 fully saturated rings. The van der Waals surface area contributed by atoms with Gasteiger partial charge in [0.15, 0.2) is 0 Å². The maximum absolute atomic E-state index is 7.01. The molecule has 0 saturated heterocycles. The largest absolute Gasteiger partial charge is 0.493 e. The van der Waals surface area contributed by atoms with Gasteiger partial charge < -0.3 is 34.6 Å². The first-order chi connectivity index (χ1) is 29.8. The van der Waals surface area contributed by atoms with E-state index in [1.54, 1.807) is 0 Å². The number of aromatic nitrogens is 4. The summed E-state index contributed by atoms with van der Waals surface area (Å²) in [5, 5.41) is 0. The van der Waals surface area contributed by atoms with Gasteiger partial charge in [-0.3, -0.25) is 0 Å². The molecule has 0 unspecified atom stereocenters. The molecule has 3 aromatic heterocycles. The second-order valence-corrected chi connectivity index (χ2v) is 18.8. The lowest BCUT2D eigenvalue weighted by molar-refractivity contribution is 0.276. The SMILES string of the molecule is CC(C)CCOc1cc(OCCC(C)C)cc(-c2c3nc(c(Br)c4ccc([nH]4)c(-c4cc(OCCC(C)C)cc(OCCC(C)C)c4)c4nc(c(N)c5ccc2[nH]5)C=C4)C=C3)c1. The molecule has 9 nitrogen and oxygen atoms in total. The number of nitrogens with zero attached hydrogens (tertiary/aromatic N) is 2. The number of H-pyrrole nitrogens is 2. The third kappa shape index (κ3) is 11.1. The predicted molar refractivity (Wildman–Crippen MR) is 262 cm³/mol. The maximum Gasteiger partial charge on any atom is 0.123 e. The zero-order valence-electron chi connectivity index (χ0n) is 37.5. The van der Waals surface area contributed by atoms with Crippen molar-refractivity contribution in [1.29, 1.82) is 0 Å². The van der Waals surface area contributed by atoms with Crippen molar-refractivity contribution in [3.05, 3.63) is 87.9 Å². The highest BCUT2D eigenvalue weighted by molar-refractivity contribution is 9.10. The first-order valence-electron chi connectivity index (χ1n) is 22.2. The number of nitrogens with two attached hydrogens (primary N) is 1. The van der Waals surface area contributed by atoms with Crippen LogP contribution in [0.4, 0.5) is 5.69 Å². The molecule has 0 spiro atoms. The van der Waals surface area contributed by atoms with Crippen LogP contribution in [0.3, 0.4) is 0 Å². The van der Waals surface area contributed by atoms with Crippen LogP contribution in [0.15, 0.2) is 65.1 Å². The summed E-state index contributed by atoms with van der Waals surface area (Å²) < 4.78 is 26.3. The van der Waals surface area contributed by atoms with Crippen molar-refractivity contribution >= 4 is 68.0 Å². The highest BCUT2D eigenvalue weighted by Gasteiger charge is 2.19. The van der Waals surface area contributed by atoms with E-state index in [2.05, 4.69) is 130 Å². The zero-order valence-corrected chi connectivity index (χ0v) is 39.1. The smallest absolute Gasteiger partial charge is 0.123 e. The van der Waals surface area contributed by atoms with E-state index in [-0.39, 0.29) is 0 Å². The normalized spacial score (nSPS) is 12.3. The van der Waals surface area contributed by atoms with Gasteiger partial charge in [-0.25, -0.2) is 9.97 Å². The lowest BCUT2D eigenvalue weighted by atomic mass is 10.0. The Labute approximate surface area is 375 Å². The fraction of sp³-hybridized carbons (Fsp3) is 0.385. The van der Waals surface area contributed by atoms with Crippen molar-refractivity contribution in [2.45, 2.75) is 81.1 Å². The van der Waals surface area contributed by atoms with Gasteiger partial charge in [-0.2, -0.15) is 0 Å². The van der Waals surface area contributed by atoms with E-state index in [0.29, 0.717) is 61.5 Å². The minimum atomic E-state index is 0.522. The average molecular weight is 901 g/mol. The molecule has 7 rings (SSSR count). The molecule has 62 heavy (non-hydrogen) atoms. The molecule has 326 valence electrons. The Morgan fingerprint density at radius 1 is 0.468 bits per heavy atom. The van der Waals surface area contributed by atoms with E-state index in [9.17, 15) is 0 Å². The maximum atomic E-state index is 7.01. The highest BCUT2D eigenvalue weighted by atomic mass is 79.9. The third-order valence-corrected chi connectivity index (χ3v) is 11.8. The van der Waals surface area contributed by atoms with Gasteiger partial charge in [-0.15, -0.1) is 0 Å². The minimum Gasteiger partial charge on any atom is -0.493 e. The van der Waals surface area contributed by atoms with Crippen LogP contribution in [0.2, 0.25) is 0 Å². The lowest BCUT2D eigenvalue weighted by Crippen LogP contribution is -2.04. The van der Waals surface area contributed by atoms with Gasteiger partial charge in [0.2, 0.25) is 0 Å². The summed E-state index contributed by atoms with van der Waals surface area (Å²) in [6, 6.07) is 20.5. The van der Waals surface area contributed by atoms with Crippen LogP contribution in [0.5, 0.6) is 23.0 Å². The summed E-state index contributed by atoms with van der Waals surface area (Å²) >= 11 is 3.95. The number of benzene rings is 2. The Morgan fingerprint density at radius 2 is 0.806 bits per heavy atom. The number of halogens is 1. The summed E-state index contributed by atoms with van der Waals surface area (Å²) in [6.45, 7) is 20.1. The van der Waals surface area contributed by atoms with Crippen LogP contribution in [0.25, 0.3) is 68.6 Å². The quantitative estimate of drug-likeness (QED) is 0.0784. The van der Waals surface area contributed by atoms with Gasteiger partial charge in [-0.1, -0.05) is 55.4 Å². The summed E-state index contributed by atoms with van der Waals surface area (Å²) in [5.41, 5.74) is 17.5. The molecule has 0 saturated carbocycles. The molecular weight excluding hydrogens is 839 g/mol. The number of fused-ring (bicyclic) bond motifs is 8. The van der Waals surface area contributed by atoms with E-state index >= 15 is 0 Å². The fourth-order valence-corrected chi connectivity index (χ4v) is 7.67. The number of nitrogens with one attached hydrogen (secondary N) is 2. The molecule has 2 aliphatic rings. The number of hydrogen-bond acceptors (Lipinski definition) is 7. The van der Waals surface area contributed by atoms with Gasteiger partial charge in [0.1, 0.15) is 23.0 Å². The summed E-state index contributed by atoms with van der Waals surface area (Å²) in [5.74, 6) is 5.09. The Kier molecular flexibility index (Phi) is 14.5. The van der Waals surface area contributed by atoms with Gasteiger partial charge >= 0.3 is 0 Å². The third-order valence-electron chi connectivity index (χ3n) is 10.9. The van der Waals surface area contributed by atoms with Crippen LogP contribution in [-0.4, -0.2) is 46.4 Å². The number of hydrogen-bond donors (Lipinski definition) is 3.